The second-order valence-electron chi connectivity index (χ2n) is 2.93. The molecule has 0 aliphatic heterocycles. The average Bonchev–Trinajstić information content (AvgIpc) is 2.58. The summed E-state index contributed by atoms with van der Waals surface area (Å²) in [5, 5.41) is 8.92. The zero-order chi connectivity index (χ0) is 11.6. The Morgan fingerprint density at radius 1 is 1.60 bits per heavy atom. The van der Waals surface area contributed by atoms with Crippen LogP contribution in [0.15, 0.2) is 14.7 Å². The summed E-state index contributed by atoms with van der Waals surface area (Å²) in [6.07, 6.45) is 0. The maximum atomic E-state index is 11.9. The molecule has 1 aromatic rings. The lowest BCUT2D eigenvalue weighted by molar-refractivity contribution is 0.285. The first-order chi connectivity index (χ1) is 6.93. The van der Waals surface area contributed by atoms with Gasteiger partial charge in [0.15, 0.2) is 0 Å². The zero-order valence-corrected chi connectivity index (χ0v) is 11.6. The highest BCUT2D eigenvalue weighted by molar-refractivity contribution is 9.11. The quantitative estimate of drug-likeness (QED) is 0.919. The summed E-state index contributed by atoms with van der Waals surface area (Å²) in [5.41, 5.74) is 0. The molecule has 1 rings (SSSR count). The van der Waals surface area contributed by atoms with Crippen molar-refractivity contribution in [2.75, 3.05) is 13.6 Å². The first-order valence-corrected chi connectivity index (χ1v) is 7.33. The molecule has 0 bridgehead atoms. The second kappa shape index (κ2) is 4.92. The lowest BCUT2D eigenvalue weighted by Crippen LogP contribution is -2.26. The van der Waals surface area contributed by atoms with Crippen LogP contribution in [0.1, 0.15) is 11.8 Å². The summed E-state index contributed by atoms with van der Waals surface area (Å²) in [4.78, 5) is 0.853. The van der Waals surface area contributed by atoms with Crippen molar-refractivity contribution in [3.63, 3.8) is 0 Å². The van der Waals surface area contributed by atoms with Crippen LogP contribution in [0.2, 0.25) is 0 Å². The van der Waals surface area contributed by atoms with Crippen molar-refractivity contribution >= 4 is 37.3 Å². The van der Waals surface area contributed by atoms with E-state index in [0.717, 1.165) is 0 Å². The second-order valence-corrected chi connectivity index (χ2v) is 7.40. The topological polar surface area (TPSA) is 57.6 Å². The molecular formula is C8H12BrNO3S2. The fourth-order valence-electron chi connectivity index (χ4n) is 0.989. The Hall–Kier alpha value is 0.0500. The van der Waals surface area contributed by atoms with Crippen LogP contribution >= 0.6 is 27.3 Å². The molecule has 0 atom stereocenters. The van der Waals surface area contributed by atoms with Crippen LogP contribution in [0.5, 0.6) is 0 Å². The Labute approximate surface area is 102 Å². The minimum atomic E-state index is -3.42. The van der Waals surface area contributed by atoms with Gasteiger partial charge in [-0.1, -0.05) is 6.92 Å². The Bertz CT molecular complexity index is 441. The molecule has 0 spiro atoms. The van der Waals surface area contributed by atoms with E-state index in [1.165, 1.54) is 28.8 Å². The summed E-state index contributed by atoms with van der Waals surface area (Å²) in [6.45, 7) is 2.04. The van der Waals surface area contributed by atoms with Crippen molar-refractivity contribution in [3.8, 4) is 0 Å². The minimum absolute atomic E-state index is 0.144. The summed E-state index contributed by atoms with van der Waals surface area (Å²) in [6, 6.07) is 1.50. The van der Waals surface area contributed by atoms with Crippen LogP contribution in [0.3, 0.4) is 0 Å². The van der Waals surface area contributed by atoms with Crippen LogP contribution < -0.4 is 0 Å². The lowest BCUT2D eigenvalue weighted by Gasteiger charge is -2.13. The van der Waals surface area contributed by atoms with Crippen molar-refractivity contribution in [2.24, 2.45) is 0 Å². The molecule has 4 nitrogen and oxygen atoms in total. The van der Waals surface area contributed by atoms with Crippen molar-refractivity contribution in [3.05, 3.63) is 14.7 Å². The van der Waals surface area contributed by atoms with Gasteiger partial charge in [0.1, 0.15) is 4.90 Å². The van der Waals surface area contributed by atoms with E-state index in [2.05, 4.69) is 15.9 Å². The molecule has 0 aliphatic rings. The molecule has 86 valence electrons. The Kier molecular flexibility index (Phi) is 4.30. The van der Waals surface area contributed by atoms with Gasteiger partial charge in [-0.25, -0.2) is 12.7 Å². The van der Waals surface area contributed by atoms with E-state index >= 15 is 0 Å². The van der Waals surface area contributed by atoms with Crippen molar-refractivity contribution in [2.45, 2.75) is 18.4 Å². The molecule has 15 heavy (non-hydrogen) atoms. The Morgan fingerprint density at radius 2 is 2.20 bits per heavy atom. The highest BCUT2D eigenvalue weighted by Crippen LogP contribution is 2.33. The van der Waals surface area contributed by atoms with E-state index < -0.39 is 10.0 Å². The third-order valence-electron chi connectivity index (χ3n) is 2.00. The van der Waals surface area contributed by atoms with Gasteiger partial charge < -0.3 is 5.11 Å². The van der Waals surface area contributed by atoms with Crippen molar-refractivity contribution < 1.29 is 13.5 Å². The van der Waals surface area contributed by atoms with Crippen LogP contribution in [0, 0.1) is 0 Å². The average molecular weight is 314 g/mol. The zero-order valence-electron chi connectivity index (χ0n) is 8.40. The number of hydrogen-bond acceptors (Lipinski definition) is 4. The summed E-state index contributed by atoms with van der Waals surface area (Å²) in [7, 11) is -1.90. The fourth-order valence-corrected chi connectivity index (χ4v) is 4.66. The lowest BCUT2D eigenvalue weighted by atomic mass is 10.5. The van der Waals surface area contributed by atoms with Gasteiger partial charge in [-0.05, 0) is 22.0 Å². The molecule has 1 N–H and O–H groups in total. The van der Waals surface area contributed by atoms with Crippen molar-refractivity contribution in [1.82, 2.24) is 4.31 Å². The summed E-state index contributed by atoms with van der Waals surface area (Å²) >= 11 is 4.42. The molecule has 0 aromatic carbocycles. The number of halogens is 1. The third-order valence-corrected chi connectivity index (χ3v) is 6.17. The minimum Gasteiger partial charge on any atom is -0.391 e. The maximum Gasteiger partial charge on any atom is 0.244 e. The van der Waals surface area contributed by atoms with Gasteiger partial charge in [-0.15, -0.1) is 11.3 Å². The van der Waals surface area contributed by atoms with Gasteiger partial charge in [0, 0.05) is 18.5 Å². The number of aliphatic hydroxyl groups excluding tert-OH is 1. The third kappa shape index (κ3) is 2.59. The standard InChI is InChI=1S/C8H12BrNO3S2/c1-3-10(2)15(12,13)7-4-6(5-11)14-8(7)9/h4,11H,3,5H2,1-2H3. The first kappa shape index (κ1) is 13.1. The van der Waals surface area contributed by atoms with Gasteiger partial charge >= 0.3 is 0 Å². The maximum absolute atomic E-state index is 11.9. The normalized spacial score (nSPS) is 12.3. The molecule has 0 fully saturated rings. The molecule has 0 saturated carbocycles. The van der Waals surface area contributed by atoms with Gasteiger partial charge in [0.2, 0.25) is 10.0 Å². The number of nitrogens with zero attached hydrogens (tertiary/aromatic N) is 1. The van der Waals surface area contributed by atoms with E-state index in [1.807, 2.05) is 0 Å². The van der Waals surface area contributed by atoms with Crippen LogP contribution in [-0.4, -0.2) is 31.4 Å². The SMILES string of the molecule is CCN(C)S(=O)(=O)c1cc(CO)sc1Br. The smallest absolute Gasteiger partial charge is 0.244 e. The predicted molar refractivity (Wildman–Crippen MR) is 63.4 cm³/mol. The highest BCUT2D eigenvalue weighted by Gasteiger charge is 2.24. The Morgan fingerprint density at radius 3 is 2.60 bits per heavy atom. The van der Waals surface area contributed by atoms with Crippen LogP contribution in [0.4, 0.5) is 0 Å². The Balaban J connectivity index is 3.21. The highest BCUT2D eigenvalue weighted by atomic mass is 79.9. The largest absolute Gasteiger partial charge is 0.391 e. The molecule has 0 amide bonds. The van der Waals surface area contributed by atoms with Gasteiger partial charge in [0.05, 0.1) is 10.4 Å². The molecule has 0 aliphatic carbocycles. The summed E-state index contributed by atoms with van der Waals surface area (Å²) in [5.74, 6) is 0. The molecule has 1 aromatic heterocycles. The predicted octanol–water partition coefficient (Wildman–Crippen LogP) is 1.64. The summed E-state index contributed by atoms with van der Waals surface area (Å²) < 4.78 is 25.7. The molecule has 1 heterocycles. The van der Waals surface area contributed by atoms with E-state index in [1.54, 1.807) is 6.92 Å². The van der Waals surface area contributed by atoms with Gasteiger partial charge in [-0.3, -0.25) is 0 Å². The van der Waals surface area contributed by atoms with Crippen LogP contribution in [-0.2, 0) is 16.6 Å². The first-order valence-electron chi connectivity index (χ1n) is 4.28. The van der Waals surface area contributed by atoms with E-state index in [-0.39, 0.29) is 11.5 Å². The number of rotatable bonds is 4. The molecular weight excluding hydrogens is 302 g/mol. The van der Waals surface area contributed by atoms with E-state index in [0.29, 0.717) is 15.2 Å². The van der Waals surface area contributed by atoms with E-state index in [4.69, 9.17) is 5.11 Å². The number of hydrogen-bond donors (Lipinski definition) is 1. The monoisotopic (exact) mass is 313 g/mol. The van der Waals surface area contributed by atoms with Crippen molar-refractivity contribution in [1.29, 1.82) is 0 Å². The van der Waals surface area contributed by atoms with Gasteiger partial charge in [-0.2, -0.15) is 0 Å². The molecule has 0 radical (unpaired) electrons. The number of sulfonamides is 1. The number of aliphatic hydroxyl groups is 1. The number of thiophene rings is 1. The van der Waals surface area contributed by atoms with Crippen LogP contribution in [0.25, 0.3) is 0 Å². The van der Waals surface area contributed by atoms with Gasteiger partial charge in [0.25, 0.3) is 0 Å². The molecule has 7 heteroatoms. The molecule has 0 unspecified atom stereocenters. The fraction of sp³-hybridized carbons (Fsp3) is 0.500. The van der Waals surface area contributed by atoms with E-state index in [9.17, 15) is 8.42 Å². The molecule has 0 saturated heterocycles.